The summed E-state index contributed by atoms with van der Waals surface area (Å²) in [5, 5.41) is 0.930. The number of halogens is 3. The second kappa shape index (κ2) is 3.96. The maximum absolute atomic E-state index is 5.84. The van der Waals surface area contributed by atoms with Gasteiger partial charge in [-0.25, -0.2) is 0 Å². The van der Waals surface area contributed by atoms with Crippen molar-refractivity contribution >= 4 is 50.5 Å². The van der Waals surface area contributed by atoms with Crippen molar-refractivity contribution in [3.8, 4) is 0 Å². The van der Waals surface area contributed by atoms with E-state index in [4.69, 9.17) is 23.2 Å². The average Bonchev–Trinajstić information content (AvgIpc) is 2.13. The van der Waals surface area contributed by atoms with Crippen LogP contribution in [0, 0.1) is 0 Å². The fraction of sp³-hybridized carbons (Fsp3) is 0.333. The van der Waals surface area contributed by atoms with Gasteiger partial charge in [-0.2, -0.15) is 0 Å². The molecule has 0 N–H and O–H groups in total. The predicted molar refractivity (Wildman–Crippen MR) is 51.8 cm³/mol. The summed E-state index contributed by atoms with van der Waals surface area (Å²) < 4.78 is 1.57. The lowest BCUT2D eigenvalue weighted by atomic mass is 10.3. The zero-order chi connectivity index (χ0) is 7.56. The molecule has 0 nitrogen and oxygen atoms in total. The summed E-state index contributed by atoms with van der Waals surface area (Å²) in [6, 6.07) is 1.91. The summed E-state index contributed by atoms with van der Waals surface area (Å²) in [5.41, 5.74) is 1.13. The van der Waals surface area contributed by atoms with Crippen LogP contribution >= 0.6 is 50.5 Å². The van der Waals surface area contributed by atoms with E-state index in [0.29, 0.717) is 0 Å². The lowest BCUT2D eigenvalue weighted by molar-refractivity contribution is 1.19. The van der Waals surface area contributed by atoms with Gasteiger partial charge in [0.15, 0.2) is 0 Å². The van der Waals surface area contributed by atoms with Crippen molar-refractivity contribution in [1.29, 1.82) is 0 Å². The number of aryl methyl sites for hydroxylation is 1. The summed E-state index contributed by atoms with van der Waals surface area (Å²) in [5.74, 6) is 0. The van der Waals surface area contributed by atoms with Gasteiger partial charge in [0.05, 0.1) is 8.67 Å². The smallest absolute Gasteiger partial charge is 0.0976 e. The van der Waals surface area contributed by atoms with Crippen LogP contribution in [0.5, 0.6) is 0 Å². The molecule has 0 fully saturated rings. The van der Waals surface area contributed by atoms with Gasteiger partial charge in [0.25, 0.3) is 0 Å². The molecule has 0 saturated heterocycles. The molecule has 1 aromatic heterocycles. The Morgan fingerprint density at radius 1 is 1.50 bits per heavy atom. The third-order valence-corrected chi connectivity index (χ3v) is 3.06. The minimum Gasteiger partial charge on any atom is -0.111 e. The molecule has 0 amide bonds. The Hall–Kier alpha value is 0.760. The molecule has 1 aromatic rings. The molecular formula is C6H5BrCl2S. The molecule has 0 saturated carbocycles. The highest BCUT2D eigenvalue weighted by molar-refractivity contribution is 9.09. The zero-order valence-electron chi connectivity index (χ0n) is 5.03. The third-order valence-electron chi connectivity index (χ3n) is 1.09. The van der Waals surface area contributed by atoms with Crippen molar-refractivity contribution in [1.82, 2.24) is 0 Å². The van der Waals surface area contributed by atoms with Crippen LogP contribution in [0.15, 0.2) is 6.07 Å². The molecule has 0 bridgehead atoms. The van der Waals surface area contributed by atoms with Gasteiger partial charge in [0, 0.05) is 5.33 Å². The van der Waals surface area contributed by atoms with Gasteiger partial charge < -0.3 is 0 Å². The van der Waals surface area contributed by atoms with Crippen LogP contribution in [0.25, 0.3) is 0 Å². The first-order valence-corrected chi connectivity index (χ1v) is 5.43. The van der Waals surface area contributed by atoms with E-state index in [1.165, 1.54) is 11.3 Å². The van der Waals surface area contributed by atoms with E-state index in [-0.39, 0.29) is 0 Å². The number of alkyl halides is 1. The minimum atomic E-state index is 0.765. The molecule has 0 unspecified atom stereocenters. The maximum atomic E-state index is 5.84. The van der Waals surface area contributed by atoms with Crippen LogP contribution in [0.2, 0.25) is 8.67 Å². The van der Waals surface area contributed by atoms with E-state index in [0.717, 1.165) is 26.0 Å². The molecule has 0 radical (unpaired) electrons. The zero-order valence-corrected chi connectivity index (χ0v) is 8.95. The SMILES string of the molecule is Clc1cc(CCBr)c(Cl)s1. The largest absolute Gasteiger partial charge is 0.111 e. The van der Waals surface area contributed by atoms with E-state index < -0.39 is 0 Å². The number of hydrogen-bond donors (Lipinski definition) is 0. The highest BCUT2D eigenvalue weighted by atomic mass is 79.9. The fourth-order valence-corrected chi connectivity index (χ4v) is 2.62. The van der Waals surface area contributed by atoms with E-state index >= 15 is 0 Å². The van der Waals surface area contributed by atoms with E-state index in [9.17, 15) is 0 Å². The Kier molecular flexibility index (Phi) is 3.50. The van der Waals surface area contributed by atoms with Crippen LogP contribution in [0.3, 0.4) is 0 Å². The summed E-state index contributed by atoms with van der Waals surface area (Å²) >= 11 is 16.3. The number of rotatable bonds is 2. The normalized spacial score (nSPS) is 10.3. The number of hydrogen-bond acceptors (Lipinski definition) is 1. The second-order valence-corrected chi connectivity index (χ2v) is 4.87. The second-order valence-electron chi connectivity index (χ2n) is 1.79. The van der Waals surface area contributed by atoms with Crippen LogP contribution < -0.4 is 0 Å². The van der Waals surface area contributed by atoms with Crippen molar-refractivity contribution in [3.05, 3.63) is 20.3 Å². The molecule has 0 spiro atoms. The summed E-state index contributed by atoms with van der Waals surface area (Å²) in [6.07, 6.45) is 0.946. The Balaban J connectivity index is 2.81. The predicted octanol–water partition coefficient (Wildman–Crippen LogP) is 3.99. The van der Waals surface area contributed by atoms with Crippen molar-refractivity contribution in [2.75, 3.05) is 5.33 Å². The van der Waals surface area contributed by atoms with E-state index in [1.807, 2.05) is 6.07 Å². The lowest BCUT2D eigenvalue weighted by Crippen LogP contribution is -1.80. The van der Waals surface area contributed by atoms with Gasteiger partial charge in [0.1, 0.15) is 0 Å². The molecule has 0 atom stereocenters. The van der Waals surface area contributed by atoms with Gasteiger partial charge in [-0.1, -0.05) is 39.1 Å². The maximum Gasteiger partial charge on any atom is 0.0976 e. The standard InChI is InChI=1S/C6H5BrCl2S/c7-2-1-4-3-5(8)10-6(4)9/h3H,1-2H2. The first-order valence-electron chi connectivity index (χ1n) is 2.73. The summed E-state index contributed by atoms with van der Waals surface area (Å²) in [4.78, 5) is 0. The van der Waals surface area contributed by atoms with Gasteiger partial charge in [0.2, 0.25) is 0 Å². The van der Waals surface area contributed by atoms with Gasteiger partial charge in [-0.3, -0.25) is 0 Å². The molecular weight excluding hydrogens is 255 g/mol. The van der Waals surface area contributed by atoms with Crippen molar-refractivity contribution < 1.29 is 0 Å². The molecule has 0 aliphatic heterocycles. The monoisotopic (exact) mass is 258 g/mol. The van der Waals surface area contributed by atoms with E-state index in [2.05, 4.69) is 15.9 Å². The van der Waals surface area contributed by atoms with Crippen LogP contribution in [-0.2, 0) is 6.42 Å². The fourth-order valence-electron chi connectivity index (χ4n) is 0.647. The molecule has 0 aliphatic rings. The quantitative estimate of drug-likeness (QED) is 0.705. The average molecular weight is 260 g/mol. The highest BCUT2D eigenvalue weighted by Crippen LogP contribution is 2.31. The Bertz CT molecular complexity index is 222. The van der Waals surface area contributed by atoms with Crippen LogP contribution in [0.1, 0.15) is 5.56 Å². The first-order chi connectivity index (χ1) is 4.74. The van der Waals surface area contributed by atoms with Gasteiger partial charge >= 0.3 is 0 Å². The Labute approximate surface area is 82.3 Å². The molecule has 1 rings (SSSR count). The minimum absolute atomic E-state index is 0.765. The Morgan fingerprint density at radius 3 is 2.60 bits per heavy atom. The molecule has 56 valence electrons. The van der Waals surface area contributed by atoms with Crippen molar-refractivity contribution in [3.63, 3.8) is 0 Å². The molecule has 4 heteroatoms. The Morgan fingerprint density at radius 2 is 2.20 bits per heavy atom. The molecule has 0 aromatic carbocycles. The third kappa shape index (κ3) is 2.12. The number of thiophene rings is 1. The van der Waals surface area contributed by atoms with Gasteiger partial charge in [-0.15, -0.1) is 11.3 Å². The lowest BCUT2D eigenvalue weighted by Gasteiger charge is -1.89. The molecule has 10 heavy (non-hydrogen) atoms. The summed E-state index contributed by atoms with van der Waals surface area (Å²) in [6.45, 7) is 0. The highest BCUT2D eigenvalue weighted by Gasteiger charge is 2.03. The van der Waals surface area contributed by atoms with E-state index in [1.54, 1.807) is 0 Å². The van der Waals surface area contributed by atoms with Crippen molar-refractivity contribution in [2.45, 2.75) is 6.42 Å². The molecule has 1 heterocycles. The summed E-state index contributed by atoms with van der Waals surface area (Å²) in [7, 11) is 0. The van der Waals surface area contributed by atoms with Gasteiger partial charge in [-0.05, 0) is 18.1 Å². The molecule has 0 aliphatic carbocycles. The topological polar surface area (TPSA) is 0 Å². The van der Waals surface area contributed by atoms with Crippen LogP contribution in [-0.4, -0.2) is 5.33 Å². The van der Waals surface area contributed by atoms with Crippen molar-refractivity contribution in [2.24, 2.45) is 0 Å². The first kappa shape index (κ1) is 8.85. The van der Waals surface area contributed by atoms with Crippen LogP contribution in [0.4, 0.5) is 0 Å².